The fraction of sp³-hybridized carbons (Fsp3) is 0.286. The Balaban J connectivity index is 1.58. The summed E-state index contributed by atoms with van der Waals surface area (Å²) in [6, 6.07) is 18.7. The Kier molecular flexibility index (Phi) is 4.63. The van der Waals surface area contributed by atoms with Crippen LogP contribution in [0.4, 0.5) is 0 Å². The standard InChI is InChI=1S/C21H21NO3/c23-21(14-22-9-11-24-12-10-22)25-15-20-18-7-3-1-5-16(18)13-17-6-2-4-8-19(17)20/h1-8,13H,9-12,14-15H2/p+1. The van der Waals surface area contributed by atoms with Gasteiger partial charge >= 0.3 is 5.97 Å². The molecule has 4 nitrogen and oxygen atoms in total. The molecule has 1 heterocycles. The average Bonchev–Trinajstić information content (AvgIpc) is 2.66. The lowest BCUT2D eigenvalue weighted by molar-refractivity contribution is -0.900. The smallest absolute Gasteiger partial charge is 0.362 e. The Morgan fingerprint density at radius 3 is 2.20 bits per heavy atom. The van der Waals surface area contributed by atoms with Crippen molar-refractivity contribution < 1.29 is 19.2 Å². The topological polar surface area (TPSA) is 40.0 Å². The van der Waals surface area contributed by atoms with Gasteiger partial charge in [0.25, 0.3) is 0 Å². The van der Waals surface area contributed by atoms with E-state index in [0.717, 1.165) is 42.6 Å². The molecule has 0 atom stereocenters. The second-order valence-electron chi connectivity index (χ2n) is 6.50. The Morgan fingerprint density at radius 1 is 0.960 bits per heavy atom. The molecule has 0 aliphatic carbocycles. The van der Waals surface area contributed by atoms with Crippen molar-refractivity contribution in [3.8, 4) is 0 Å². The van der Waals surface area contributed by atoms with E-state index >= 15 is 0 Å². The van der Waals surface area contributed by atoms with Crippen LogP contribution in [0, 0.1) is 0 Å². The fourth-order valence-corrected chi connectivity index (χ4v) is 3.51. The lowest BCUT2D eigenvalue weighted by Crippen LogP contribution is -3.15. The van der Waals surface area contributed by atoms with Crippen LogP contribution in [0.1, 0.15) is 5.56 Å². The van der Waals surface area contributed by atoms with Crippen LogP contribution in [0.25, 0.3) is 21.5 Å². The minimum Gasteiger partial charge on any atom is -0.457 e. The van der Waals surface area contributed by atoms with E-state index in [1.54, 1.807) is 0 Å². The quantitative estimate of drug-likeness (QED) is 0.585. The number of quaternary nitrogens is 1. The highest BCUT2D eigenvalue weighted by atomic mass is 16.5. The van der Waals surface area contributed by atoms with Crippen LogP contribution in [0.3, 0.4) is 0 Å². The van der Waals surface area contributed by atoms with Gasteiger partial charge in [-0.05, 0) is 27.6 Å². The van der Waals surface area contributed by atoms with Crippen LogP contribution >= 0.6 is 0 Å². The number of ether oxygens (including phenoxy) is 2. The lowest BCUT2D eigenvalue weighted by atomic mass is 9.97. The highest BCUT2D eigenvalue weighted by Crippen LogP contribution is 2.28. The van der Waals surface area contributed by atoms with E-state index < -0.39 is 0 Å². The van der Waals surface area contributed by atoms with Gasteiger partial charge in [0.1, 0.15) is 19.7 Å². The lowest BCUT2D eigenvalue weighted by Gasteiger charge is -2.22. The molecule has 25 heavy (non-hydrogen) atoms. The molecule has 4 rings (SSSR count). The minimum atomic E-state index is -0.145. The van der Waals surface area contributed by atoms with Crippen LogP contribution in [0.15, 0.2) is 54.6 Å². The molecule has 0 radical (unpaired) electrons. The van der Waals surface area contributed by atoms with E-state index in [4.69, 9.17) is 9.47 Å². The number of benzene rings is 3. The van der Waals surface area contributed by atoms with Crippen molar-refractivity contribution in [1.82, 2.24) is 0 Å². The van der Waals surface area contributed by atoms with Crippen LogP contribution in [0.5, 0.6) is 0 Å². The first-order valence-electron chi connectivity index (χ1n) is 8.77. The van der Waals surface area contributed by atoms with E-state index in [1.807, 2.05) is 24.3 Å². The van der Waals surface area contributed by atoms with Gasteiger partial charge in [0.05, 0.1) is 13.2 Å². The van der Waals surface area contributed by atoms with Gasteiger partial charge in [-0.1, -0.05) is 48.5 Å². The Bertz CT molecular complexity index is 846. The van der Waals surface area contributed by atoms with Crippen LogP contribution in [-0.2, 0) is 20.9 Å². The first-order valence-corrected chi connectivity index (χ1v) is 8.77. The van der Waals surface area contributed by atoms with Gasteiger partial charge < -0.3 is 14.4 Å². The summed E-state index contributed by atoms with van der Waals surface area (Å²) in [5.41, 5.74) is 1.08. The maximum absolute atomic E-state index is 12.3. The normalized spacial score (nSPS) is 15.5. The summed E-state index contributed by atoms with van der Waals surface area (Å²) in [6.07, 6.45) is 0. The molecule has 4 heteroatoms. The second kappa shape index (κ2) is 7.21. The maximum Gasteiger partial charge on any atom is 0.362 e. The van der Waals surface area contributed by atoms with E-state index in [9.17, 15) is 4.79 Å². The fourth-order valence-electron chi connectivity index (χ4n) is 3.51. The van der Waals surface area contributed by atoms with Crippen molar-refractivity contribution in [2.45, 2.75) is 6.61 Å². The Labute approximate surface area is 146 Å². The molecule has 0 aromatic heterocycles. The van der Waals surface area contributed by atoms with Crippen molar-refractivity contribution in [1.29, 1.82) is 0 Å². The average molecular weight is 336 g/mol. The third-order valence-corrected chi connectivity index (χ3v) is 4.85. The van der Waals surface area contributed by atoms with Gasteiger partial charge in [0, 0.05) is 5.56 Å². The van der Waals surface area contributed by atoms with Gasteiger partial charge in [-0.2, -0.15) is 0 Å². The SMILES string of the molecule is O=C(C[NH+]1CCOCC1)OCc1c2ccccc2cc2ccccc12. The molecule has 1 saturated heterocycles. The van der Waals surface area contributed by atoms with Gasteiger partial charge in [-0.15, -0.1) is 0 Å². The summed E-state index contributed by atoms with van der Waals surface area (Å²) < 4.78 is 11.0. The molecule has 1 aliphatic heterocycles. The molecule has 1 N–H and O–H groups in total. The van der Waals surface area contributed by atoms with Crippen LogP contribution in [-0.4, -0.2) is 38.8 Å². The van der Waals surface area contributed by atoms with E-state index in [-0.39, 0.29) is 5.97 Å². The third-order valence-electron chi connectivity index (χ3n) is 4.85. The van der Waals surface area contributed by atoms with Gasteiger partial charge in [0.15, 0.2) is 6.54 Å². The van der Waals surface area contributed by atoms with Crippen molar-refractivity contribution in [3.05, 3.63) is 60.2 Å². The summed E-state index contributed by atoms with van der Waals surface area (Å²) in [4.78, 5) is 13.5. The third kappa shape index (κ3) is 3.50. The molecular formula is C21H22NO3+. The Morgan fingerprint density at radius 2 is 1.56 bits per heavy atom. The molecule has 1 fully saturated rings. The highest BCUT2D eigenvalue weighted by Gasteiger charge is 2.19. The van der Waals surface area contributed by atoms with Crippen molar-refractivity contribution in [2.75, 3.05) is 32.8 Å². The molecule has 0 spiro atoms. The van der Waals surface area contributed by atoms with E-state index in [1.165, 1.54) is 15.7 Å². The number of morpholine rings is 1. The largest absolute Gasteiger partial charge is 0.457 e. The predicted octanol–water partition coefficient (Wildman–Crippen LogP) is 1.95. The second-order valence-corrected chi connectivity index (χ2v) is 6.50. The van der Waals surface area contributed by atoms with Crippen molar-refractivity contribution in [2.24, 2.45) is 0 Å². The molecule has 1 aliphatic rings. The maximum atomic E-state index is 12.3. The summed E-state index contributed by atoms with van der Waals surface area (Å²) in [6.45, 7) is 3.89. The number of hydrogen-bond acceptors (Lipinski definition) is 3. The summed E-state index contributed by atoms with van der Waals surface area (Å²) >= 11 is 0. The van der Waals surface area contributed by atoms with E-state index in [0.29, 0.717) is 13.2 Å². The molecule has 3 aromatic rings. The van der Waals surface area contributed by atoms with Gasteiger partial charge in [-0.25, -0.2) is 4.79 Å². The summed E-state index contributed by atoms with van der Waals surface area (Å²) in [5.74, 6) is -0.145. The molecular weight excluding hydrogens is 314 g/mol. The predicted molar refractivity (Wildman–Crippen MR) is 97.6 cm³/mol. The summed E-state index contributed by atoms with van der Waals surface area (Å²) in [5, 5.41) is 4.64. The first-order chi connectivity index (χ1) is 12.3. The molecule has 0 bridgehead atoms. The first kappa shape index (κ1) is 16.1. The number of carbonyl (C=O) groups is 1. The molecule has 128 valence electrons. The highest BCUT2D eigenvalue weighted by molar-refractivity contribution is 6.02. The zero-order valence-electron chi connectivity index (χ0n) is 14.2. The number of esters is 1. The van der Waals surface area contributed by atoms with Gasteiger partial charge in [0.2, 0.25) is 0 Å². The van der Waals surface area contributed by atoms with Gasteiger partial charge in [-0.3, -0.25) is 0 Å². The number of carbonyl (C=O) groups excluding carboxylic acids is 1. The molecule has 3 aromatic carbocycles. The number of hydrogen-bond donors (Lipinski definition) is 1. The molecule has 0 saturated carbocycles. The van der Waals surface area contributed by atoms with Crippen molar-refractivity contribution in [3.63, 3.8) is 0 Å². The summed E-state index contributed by atoms with van der Waals surface area (Å²) in [7, 11) is 0. The zero-order valence-corrected chi connectivity index (χ0v) is 14.2. The number of rotatable bonds is 4. The van der Waals surface area contributed by atoms with E-state index in [2.05, 4.69) is 30.3 Å². The molecule has 0 amide bonds. The van der Waals surface area contributed by atoms with Crippen LogP contribution in [0.2, 0.25) is 0 Å². The minimum absolute atomic E-state index is 0.145. The zero-order chi connectivity index (χ0) is 17.1. The van der Waals surface area contributed by atoms with Crippen LogP contribution < -0.4 is 4.90 Å². The molecule has 0 unspecified atom stereocenters. The van der Waals surface area contributed by atoms with Crippen molar-refractivity contribution >= 4 is 27.5 Å². The Hall–Kier alpha value is -2.43. The number of nitrogens with one attached hydrogen (secondary N) is 1. The monoisotopic (exact) mass is 336 g/mol. The number of fused-ring (bicyclic) bond motifs is 2.